The van der Waals surface area contributed by atoms with E-state index < -0.39 is 5.56 Å². The van der Waals surface area contributed by atoms with Crippen molar-refractivity contribution in [1.29, 1.82) is 5.26 Å². The zero-order valence-electron chi connectivity index (χ0n) is 12.3. The monoisotopic (exact) mass is 302 g/mol. The molecule has 23 heavy (non-hydrogen) atoms. The predicted octanol–water partition coefficient (Wildman–Crippen LogP) is 3.14. The highest BCUT2D eigenvalue weighted by Crippen LogP contribution is 2.22. The molecule has 2 aromatic carbocycles. The average Bonchev–Trinajstić information content (AvgIpc) is 2.60. The molecule has 0 aliphatic heterocycles. The molecule has 3 aromatic rings. The Bertz CT molecular complexity index is 938. The van der Waals surface area contributed by atoms with Crippen molar-refractivity contribution in [1.82, 2.24) is 4.57 Å². The van der Waals surface area contributed by atoms with Crippen LogP contribution < -0.4 is 5.56 Å². The van der Waals surface area contributed by atoms with E-state index in [0.717, 1.165) is 16.7 Å². The Morgan fingerprint density at radius 3 is 2.52 bits per heavy atom. The van der Waals surface area contributed by atoms with Crippen LogP contribution in [0.2, 0.25) is 0 Å². The molecule has 1 aromatic heterocycles. The first kappa shape index (κ1) is 14.6. The number of aromatic hydroxyl groups is 1. The first-order valence-corrected chi connectivity index (χ1v) is 7.16. The maximum absolute atomic E-state index is 11.9. The van der Waals surface area contributed by atoms with E-state index in [4.69, 9.17) is 0 Å². The fraction of sp³-hybridized carbons (Fsp3) is 0.0526. The third-order valence-corrected chi connectivity index (χ3v) is 3.68. The number of nitriles is 1. The molecule has 1 N–H and O–H groups in total. The SMILES string of the molecule is N#Cc1cc(-c2ccccc2)ccc1Cn1cccc(O)c1=O. The fourth-order valence-electron chi connectivity index (χ4n) is 2.46. The maximum atomic E-state index is 11.9. The minimum atomic E-state index is -0.469. The molecule has 1 heterocycles. The van der Waals surface area contributed by atoms with Crippen LogP contribution in [0.4, 0.5) is 0 Å². The Morgan fingerprint density at radius 1 is 1.00 bits per heavy atom. The van der Waals surface area contributed by atoms with E-state index in [0.29, 0.717) is 5.56 Å². The molecule has 0 bridgehead atoms. The lowest BCUT2D eigenvalue weighted by Crippen LogP contribution is -2.19. The van der Waals surface area contributed by atoms with Crippen LogP contribution in [-0.4, -0.2) is 9.67 Å². The lowest BCUT2D eigenvalue weighted by molar-refractivity contribution is 0.459. The third kappa shape index (κ3) is 2.99. The number of rotatable bonds is 3. The van der Waals surface area contributed by atoms with Gasteiger partial charge in [0.1, 0.15) is 0 Å². The van der Waals surface area contributed by atoms with Gasteiger partial charge in [-0.25, -0.2) is 0 Å². The maximum Gasteiger partial charge on any atom is 0.292 e. The number of nitrogens with zero attached hydrogens (tertiary/aromatic N) is 2. The van der Waals surface area contributed by atoms with E-state index in [-0.39, 0.29) is 12.3 Å². The molecule has 0 saturated heterocycles. The summed E-state index contributed by atoms with van der Waals surface area (Å²) in [6.07, 6.45) is 1.59. The number of hydrogen-bond acceptors (Lipinski definition) is 3. The second-order valence-electron chi connectivity index (χ2n) is 5.18. The van der Waals surface area contributed by atoms with Crippen molar-refractivity contribution < 1.29 is 5.11 Å². The molecular weight excluding hydrogens is 288 g/mol. The van der Waals surface area contributed by atoms with Gasteiger partial charge in [-0.3, -0.25) is 4.79 Å². The number of hydrogen-bond donors (Lipinski definition) is 1. The van der Waals surface area contributed by atoms with Gasteiger partial charge in [0, 0.05) is 6.20 Å². The summed E-state index contributed by atoms with van der Waals surface area (Å²) in [5.41, 5.74) is 2.77. The molecule has 0 atom stereocenters. The molecule has 0 saturated carbocycles. The zero-order chi connectivity index (χ0) is 16.2. The summed E-state index contributed by atoms with van der Waals surface area (Å²) < 4.78 is 1.38. The third-order valence-electron chi connectivity index (χ3n) is 3.68. The minimum Gasteiger partial charge on any atom is -0.503 e. The molecule has 0 fully saturated rings. The highest BCUT2D eigenvalue weighted by atomic mass is 16.3. The van der Waals surface area contributed by atoms with Crippen LogP contribution in [0, 0.1) is 11.3 Å². The summed E-state index contributed by atoms with van der Waals surface area (Å²) in [7, 11) is 0. The fourth-order valence-corrected chi connectivity index (χ4v) is 2.46. The molecule has 112 valence electrons. The van der Waals surface area contributed by atoms with E-state index in [2.05, 4.69) is 6.07 Å². The van der Waals surface area contributed by atoms with E-state index in [1.165, 1.54) is 10.6 Å². The van der Waals surface area contributed by atoms with Gasteiger partial charge in [-0.05, 0) is 34.9 Å². The lowest BCUT2D eigenvalue weighted by atomic mass is 9.99. The van der Waals surface area contributed by atoms with Gasteiger partial charge in [0.25, 0.3) is 5.56 Å². The predicted molar refractivity (Wildman–Crippen MR) is 88.1 cm³/mol. The van der Waals surface area contributed by atoms with Gasteiger partial charge in [-0.1, -0.05) is 42.5 Å². The molecular formula is C19H14N2O2. The Labute approximate surface area is 133 Å². The Kier molecular flexibility index (Phi) is 3.94. The molecule has 0 aliphatic carbocycles. The average molecular weight is 302 g/mol. The van der Waals surface area contributed by atoms with Gasteiger partial charge in [0.15, 0.2) is 5.75 Å². The summed E-state index contributed by atoms with van der Waals surface area (Å²) in [5, 5.41) is 18.9. The van der Waals surface area contributed by atoms with Gasteiger partial charge in [0.2, 0.25) is 0 Å². The molecule has 0 unspecified atom stereocenters. The lowest BCUT2D eigenvalue weighted by Gasteiger charge is -2.10. The van der Waals surface area contributed by atoms with Crippen molar-refractivity contribution in [2.24, 2.45) is 0 Å². The van der Waals surface area contributed by atoms with Gasteiger partial charge < -0.3 is 9.67 Å². The highest BCUT2D eigenvalue weighted by molar-refractivity contribution is 5.66. The quantitative estimate of drug-likeness (QED) is 0.808. The summed E-state index contributed by atoms with van der Waals surface area (Å²) >= 11 is 0. The Hall–Kier alpha value is -3.32. The van der Waals surface area contributed by atoms with Gasteiger partial charge >= 0.3 is 0 Å². The van der Waals surface area contributed by atoms with Crippen LogP contribution >= 0.6 is 0 Å². The van der Waals surface area contributed by atoms with Crippen molar-refractivity contribution in [3.05, 3.63) is 88.3 Å². The van der Waals surface area contributed by atoms with Crippen molar-refractivity contribution in [3.63, 3.8) is 0 Å². The van der Waals surface area contributed by atoms with Crippen LogP contribution in [0.1, 0.15) is 11.1 Å². The van der Waals surface area contributed by atoms with Gasteiger partial charge in [0.05, 0.1) is 18.2 Å². The van der Waals surface area contributed by atoms with Gasteiger partial charge in [-0.15, -0.1) is 0 Å². The Morgan fingerprint density at radius 2 is 1.78 bits per heavy atom. The van der Waals surface area contributed by atoms with E-state index >= 15 is 0 Å². The molecule has 4 nitrogen and oxygen atoms in total. The summed E-state index contributed by atoms with van der Waals surface area (Å²) in [6, 6.07) is 20.5. The van der Waals surface area contributed by atoms with Gasteiger partial charge in [-0.2, -0.15) is 5.26 Å². The topological polar surface area (TPSA) is 66.0 Å². The standard InChI is InChI=1S/C19H14N2O2/c20-12-17-11-15(14-5-2-1-3-6-14)8-9-16(17)13-21-10-4-7-18(22)19(21)23/h1-11,22H,13H2. The second kappa shape index (κ2) is 6.20. The van der Waals surface area contributed by atoms with Crippen LogP contribution in [0.5, 0.6) is 5.75 Å². The molecule has 0 spiro atoms. The summed E-state index contributed by atoms with van der Waals surface area (Å²) in [5.74, 6) is -0.299. The van der Waals surface area contributed by atoms with E-state index in [9.17, 15) is 15.2 Å². The van der Waals surface area contributed by atoms with Crippen molar-refractivity contribution in [2.75, 3.05) is 0 Å². The summed E-state index contributed by atoms with van der Waals surface area (Å²) in [4.78, 5) is 11.9. The molecule has 4 heteroatoms. The number of aromatic nitrogens is 1. The number of pyridine rings is 1. The minimum absolute atomic E-state index is 0.241. The largest absolute Gasteiger partial charge is 0.503 e. The van der Waals surface area contributed by atoms with Crippen LogP contribution in [0.15, 0.2) is 71.7 Å². The van der Waals surface area contributed by atoms with Crippen LogP contribution in [-0.2, 0) is 6.54 Å². The molecule has 0 aliphatic rings. The molecule has 0 amide bonds. The second-order valence-corrected chi connectivity index (χ2v) is 5.18. The molecule has 0 radical (unpaired) electrons. The Balaban J connectivity index is 2.00. The van der Waals surface area contributed by atoms with E-state index in [1.807, 2.05) is 48.5 Å². The van der Waals surface area contributed by atoms with E-state index in [1.54, 1.807) is 12.3 Å². The zero-order valence-corrected chi connectivity index (χ0v) is 12.3. The normalized spacial score (nSPS) is 10.2. The highest BCUT2D eigenvalue weighted by Gasteiger charge is 2.08. The van der Waals surface area contributed by atoms with Crippen molar-refractivity contribution in [2.45, 2.75) is 6.54 Å². The first-order valence-electron chi connectivity index (χ1n) is 7.16. The smallest absolute Gasteiger partial charge is 0.292 e. The molecule has 3 rings (SSSR count). The number of benzene rings is 2. The summed E-state index contributed by atoms with van der Waals surface area (Å²) in [6.45, 7) is 0.241. The van der Waals surface area contributed by atoms with Crippen molar-refractivity contribution >= 4 is 0 Å². The van der Waals surface area contributed by atoms with Crippen LogP contribution in [0.3, 0.4) is 0 Å². The first-order chi connectivity index (χ1) is 11.2. The van der Waals surface area contributed by atoms with Crippen molar-refractivity contribution in [3.8, 4) is 22.9 Å². The van der Waals surface area contributed by atoms with Crippen LogP contribution in [0.25, 0.3) is 11.1 Å².